The lowest BCUT2D eigenvalue weighted by Crippen LogP contribution is -2.47. The average Bonchev–Trinajstić information content (AvgIpc) is 3.27. The van der Waals surface area contributed by atoms with Crippen LogP contribution < -0.4 is 10.5 Å². The third-order valence-corrected chi connectivity index (χ3v) is 8.68. The number of piperazine rings is 1. The van der Waals surface area contributed by atoms with E-state index in [4.69, 9.17) is 0 Å². The minimum atomic E-state index is 0. The summed E-state index contributed by atoms with van der Waals surface area (Å²) in [5.74, 6) is 0. The first kappa shape index (κ1) is 29.7. The monoisotopic (exact) mass is 581 g/mol. The van der Waals surface area contributed by atoms with Crippen molar-refractivity contribution in [3.05, 3.63) is 69.6 Å². The Labute approximate surface area is 240 Å². The summed E-state index contributed by atoms with van der Waals surface area (Å²) in [6, 6.07) is 15.2. The Kier molecular flexibility index (Phi) is 10.3. The fourth-order valence-corrected chi connectivity index (χ4v) is 6.56. The van der Waals surface area contributed by atoms with Crippen LogP contribution in [0.1, 0.15) is 17.4 Å². The molecule has 0 atom stereocenters. The van der Waals surface area contributed by atoms with Crippen molar-refractivity contribution in [2.75, 3.05) is 50.7 Å². The van der Waals surface area contributed by atoms with Gasteiger partial charge in [0.25, 0.3) is 5.56 Å². The second-order valence-corrected chi connectivity index (χ2v) is 10.5. The molecule has 0 saturated carbocycles. The predicted octanol–water partition coefficient (Wildman–Crippen LogP) is 5.08. The Morgan fingerprint density at radius 1 is 0.892 bits per heavy atom. The summed E-state index contributed by atoms with van der Waals surface area (Å²) in [6.45, 7) is 10.8. The molecule has 4 heterocycles. The number of nitrogens with zero attached hydrogens (tertiary/aromatic N) is 5. The summed E-state index contributed by atoms with van der Waals surface area (Å²) in [6.07, 6.45) is 2.79. The lowest BCUT2D eigenvalue weighted by atomic mass is 10.1. The zero-order valence-electron chi connectivity index (χ0n) is 21.0. The number of anilines is 1. The molecule has 0 unspecified atom stereocenters. The van der Waals surface area contributed by atoms with Crippen LogP contribution in [0.25, 0.3) is 21.0 Å². The molecule has 0 amide bonds. The highest BCUT2D eigenvalue weighted by Crippen LogP contribution is 2.32. The first-order valence-corrected chi connectivity index (χ1v) is 13.2. The van der Waals surface area contributed by atoms with Gasteiger partial charge in [-0.1, -0.05) is 43.3 Å². The molecule has 1 saturated heterocycles. The highest BCUT2D eigenvalue weighted by Gasteiger charge is 2.24. The summed E-state index contributed by atoms with van der Waals surface area (Å²) < 4.78 is 1.83. The van der Waals surface area contributed by atoms with Gasteiger partial charge >= 0.3 is 0 Å². The summed E-state index contributed by atoms with van der Waals surface area (Å²) in [4.78, 5) is 27.7. The number of hydrogen-bond donors (Lipinski definition) is 0. The minimum Gasteiger partial charge on any atom is -0.368 e. The van der Waals surface area contributed by atoms with Crippen molar-refractivity contribution in [3.63, 3.8) is 0 Å². The molecular weight excluding hydrogens is 549 g/mol. The molecule has 2 aliphatic rings. The molecule has 6 rings (SSSR count). The molecule has 2 aliphatic heterocycles. The van der Waals surface area contributed by atoms with Gasteiger partial charge < -0.3 is 4.90 Å². The third-order valence-electron chi connectivity index (χ3n) is 7.48. The Bertz CT molecular complexity index is 1390. The van der Waals surface area contributed by atoms with Crippen LogP contribution in [0.15, 0.2) is 53.6 Å². The van der Waals surface area contributed by atoms with Crippen molar-refractivity contribution < 1.29 is 0 Å². The smallest absolute Gasteiger partial charge is 0.262 e. The summed E-state index contributed by atoms with van der Waals surface area (Å²) >= 11 is 1.71. The van der Waals surface area contributed by atoms with Crippen molar-refractivity contribution in [1.82, 2.24) is 19.4 Å². The predicted molar refractivity (Wildman–Crippen MR) is 163 cm³/mol. The molecule has 37 heavy (non-hydrogen) atoms. The molecule has 0 radical (unpaired) electrons. The van der Waals surface area contributed by atoms with Crippen LogP contribution in [-0.2, 0) is 19.5 Å². The standard InChI is InChI=1S/C27H31N5OS.3ClH/c1-2-29-11-10-24-22(18-29)25-26(34-24)28-19-32(27(25)33)17-14-30-12-15-31(16-13-30)23-9-5-7-20-6-3-4-8-21(20)23;;;/h3-9,19H,2,10-18H2,1H3;3*1H. The summed E-state index contributed by atoms with van der Waals surface area (Å²) in [5, 5.41) is 3.48. The van der Waals surface area contributed by atoms with E-state index >= 15 is 0 Å². The van der Waals surface area contributed by atoms with Crippen LogP contribution in [0.4, 0.5) is 5.69 Å². The van der Waals surface area contributed by atoms with Crippen LogP contribution in [0.5, 0.6) is 0 Å². The minimum absolute atomic E-state index is 0. The molecule has 0 bridgehead atoms. The quantitative estimate of drug-likeness (QED) is 0.329. The number of hydrogen-bond acceptors (Lipinski definition) is 6. The van der Waals surface area contributed by atoms with Gasteiger partial charge in [-0.05, 0) is 30.0 Å². The molecule has 10 heteroatoms. The first-order valence-electron chi connectivity index (χ1n) is 12.4. The van der Waals surface area contributed by atoms with E-state index in [9.17, 15) is 4.79 Å². The van der Waals surface area contributed by atoms with Crippen molar-refractivity contribution in [1.29, 1.82) is 0 Å². The zero-order chi connectivity index (χ0) is 23.1. The number of aromatic nitrogens is 2. The molecule has 4 aromatic rings. The van der Waals surface area contributed by atoms with Crippen LogP contribution in [0.3, 0.4) is 0 Å². The fraction of sp³-hybridized carbons (Fsp3) is 0.407. The van der Waals surface area contributed by atoms with Crippen LogP contribution in [0.2, 0.25) is 0 Å². The number of halogens is 3. The normalized spacial score (nSPS) is 16.1. The fourth-order valence-electron chi connectivity index (χ4n) is 5.43. The number of rotatable bonds is 5. The van der Waals surface area contributed by atoms with Crippen molar-refractivity contribution in [3.8, 4) is 0 Å². The lowest BCUT2D eigenvalue weighted by Gasteiger charge is -2.36. The van der Waals surface area contributed by atoms with Gasteiger partial charge in [-0.2, -0.15) is 0 Å². The molecule has 1 fully saturated rings. The Morgan fingerprint density at radius 3 is 2.43 bits per heavy atom. The number of likely N-dealkylation sites (N-methyl/N-ethyl adjacent to an activating group) is 1. The molecule has 2 aromatic carbocycles. The van der Waals surface area contributed by atoms with Gasteiger partial charge in [-0.25, -0.2) is 4.98 Å². The Hall–Kier alpha value is -1.87. The van der Waals surface area contributed by atoms with E-state index in [0.29, 0.717) is 6.54 Å². The number of thiophene rings is 1. The Morgan fingerprint density at radius 2 is 1.65 bits per heavy atom. The maximum Gasteiger partial charge on any atom is 0.262 e. The maximum atomic E-state index is 13.4. The zero-order valence-corrected chi connectivity index (χ0v) is 24.2. The molecule has 0 N–H and O–H groups in total. The highest BCUT2D eigenvalue weighted by molar-refractivity contribution is 7.18. The topological polar surface area (TPSA) is 44.6 Å². The van der Waals surface area contributed by atoms with Gasteiger partial charge in [0, 0.05) is 68.3 Å². The van der Waals surface area contributed by atoms with Gasteiger partial charge in [-0.15, -0.1) is 48.6 Å². The number of benzene rings is 2. The first-order chi connectivity index (χ1) is 16.7. The van der Waals surface area contributed by atoms with Crippen molar-refractivity contribution in [2.24, 2.45) is 0 Å². The van der Waals surface area contributed by atoms with Gasteiger partial charge in [0.2, 0.25) is 0 Å². The van der Waals surface area contributed by atoms with E-state index in [-0.39, 0.29) is 42.8 Å². The Balaban J connectivity index is 0.00000127. The van der Waals surface area contributed by atoms with Crippen molar-refractivity contribution >= 4 is 75.2 Å². The van der Waals surface area contributed by atoms with Gasteiger partial charge in [0.1, 0.15) is 4.83 Å². The second-order valence-electron chi connectivity index (χ2n) is 9.37. The van der Waals surface area contributed by atoms with E-state index in [2.05, 4.69) is 69.1 Å². The summed E-state index contributed by atoms with van der Waals surface area (Å²) in [7, 11) is 0. The third kappa shape index (κ3) is 5.77. The highest BCUT2D eigenvalue weighted by atomic mass is 35.5. The lowest BCUT2D eigenvalue weighted by molar-refractivity contribution is 0.247. The van der Waals surface area contributed by atoms with Gasteiger partial charge in [0.05, 0.1) is 11.7 Å². The molecule has 2 aromatic heterocycles. The molecule has 0 spiro atoms. The van der Waals surface area contributed by atoms with Gasteiger partial charge in [0.15, 0.2) is 0 Å². The molecule has 6 nitrogen and oxygen atoms in total. The van der Waals surface area contributed by atoms with Crippen LogP contribution in [0, 0.1) is 0 Å². The van der Waals surface area contributed by atoms with Gasteiger partial charge in [-0.3, -0.25) is 19.2 Å². The summed E-state index contributed by atoms with van der Waals surface area (Å²) in [5.41, 5.74) is 2.69. The molecular formula is C27H34Cl3N5OS. The second kappa shape index (κ2) is 12.8. The van der Waals surface area contributed by atoms with E-state index in [1.807, 2.05) is 4.57 Å². The van der Waals surface area contributed by atoms with Crippen LogP contribution >= 0.6 is 48.6 Å². The maximum absolute atomic E-state index is 13.4. The SMILES string of the molecule is CCN1CCc2sc3ncn(CCN4CCN(c5cccc6ccccc56)CC4)c(=O)c3c2C1.Cl.Cl.Cl. The largest absolute Gasteiger partial charge is 0.368 e. The molecule has 0 aliphatic carbocycles. The van der Waals surface area contributed by atoms with Crippen molar-refractivity contribution in [2.45, 2.75) is 26.4 Å². The molecule has 200 valence electrons. The van der Waals surface area contributed by atoms with E-state index in [1.165, 1.54) is 26.9 Å². The van der Waals surface area contributed by atoms with Crippen LogP contribution in [-0.4, -0.2) is 65.2 Å². The van der Waals surface area contributed by atoms with E-state index < -0.39 is 0 Å². The average molecular weight is 583 g/mol. The number of fused-ring (bicyclic) bond motifs is 4. The van der Waals surface area contributed by atoms with E-state index in [1.54, 1.807) is 17.7 Å². The van der Waals surface area contributed by atoms with E-state index in [0.717, 1.165) is 69.0 Å².